The van der Waals surface area contributed by atoms with Crippen molar-refractivity contribution in [1.82, 2.24) is 0 Å². The number of ether oxygens (including phenoxy) is 1. The number of azo groups is 1. The molecule has 0 saturated carbocycles. The molecule has 34 heavy (non-hydrogen) atoms. The van der Waals surface area contributed by atoms with Crippen LogP contribution >= 0.6 is 7.82 Å². The minimum atomic E-state index is -5.30. The van der Waals surface area contributed by atoms with Gasteiger partial charge in [-0.05, 0) is 35.7 Å². The number of anilines is 1. The molecule has 0 unspecified atom stereocenters. The maximum absolute atomic E-state index is 13.2. The van der Waals surface area contributed by atoms with Gasteiger partial charge in [0.1, 0.15) is 5.69 Å². The van der Waals surface area contributed by atoms with Gasteiger partial charge < -0.3 is 28.9 Å². The highest BCUT2D eigenvalue weighted by Crippen LogP contribution is 2.41. The Labute approximate surface area is 194 Å². The van der Waals surface area contributed by atoms with E-state index in [2.05, 4.69) is 20.1 Å². The van der Waals surface area contributed by atoms with Crippen LogP contribution in [0.4, 0.5) is 17.1 Å². The Bertz CT molecular complexity index is 1370. The van der Waals surface area contributed by atoms with E-state index in [4.69, 9.17) is 4.74 Å². The van der Waals surface area contributed by atoms with Crippen LogP contribution in [0, 0.1) is 0 Å². The summed E-state index contributed by atoms with van der Waals surface area (Å²) in [7, 11) is -5.30. The summed E-state index contributed by atoms with van der Waals surface area (Å²) in [4.78, 5) is 35.1. The number of rotatable bonds is 8. The lowest BCUT2D eigenvalue weighted by Gasteiger charge is -2.28. The SMILES string of the molecule is O=C(Nc1ccccc1)c1cc2ccccc2c(N=Nc2ccccc2)c1OCOP(=O)([O-])[O-]. The Balaban J connectivity index is 1.83. The summed E-state index contributed by atoms with van der Waals surface area (Å²) in [5.74, 6) is -0.615. The highest BCUT2D eigenvalue weighted by Gasteiger charge is 2.21. The minimum absolute atomic E-state index is 0.0554. The molecule has 172 valence electrons. The van der Waals surface area contributed by atoms with Gasteiger partial charge in [0, 0.05) is 11.1 Å². The molecule has 4 aromatic rings. The van der Waals surface area contributed by atoms with Gasteiger partial charge in [-0.2, -0.15) is 5.11 Å². The summed E-state index contributed by atoms with van der Waals surface area (Å²) < 4.78 is 20.7. The number of nitrogens with one attached hydrogen (secondary N) is 1. The van der Waals surface area contributed by atoms with Crippen LogP contribution in [0.15, 0.2) is 101 Å². The second-order valence-corrected chi connectivity index (χ2v) is 8.17. The number of fused-ring (bicyclic) bond motifs is 1. The van der Waals surface area contributed by atoms with Gasteiger partial charge in [0.2, 0.25) is 0 Å². The largest absolute Gasteiger partial charge is 0.790 e. The van der Waals surface area contributed by atoms with Gasteiger partial charge in [0.05, 0.1) is 19.1 Å². The minimum Gasteiger partial charge on any atom is -0.790 e. The predicted molar refractivity (Wildman–Crippen MR) is 123 cm³/mol. The van der Waals surface area contributed by atoms with E-state index in [-0.39, 0.29) is 17.0 Å². The average Bonchev–Trinajstić information content (AvgIpc) is 2.83. The number of para-hydroxylation sites is 1. The fourth-order valence-electron chi connectivity index (χ4n) is 3.20. The first kappa shape index (κ1) is 23.3. The summed E-state index contributed by atoms with van der Waals surface area (Å²) >= 11 is 0. The lowest BCUT2D eigenvalue weighted by molar-refractivity contribution is -0.344. The molecule has 0 aliphatic carbocycles. The maximum Gasteiger partial charge on any atom is 0.259 e. The van der Waals surface area contributed by atoms with Crippen LogP contribution in [0.2, 0.25) is 0 Å². The van der Waals surface area contributed by atoms with E-state index in [1.807, 2.05) is 12.1 Å². The molecule has 0 saturated heterocycles. The molecule has 10 heteroatoms. The number of benzene rings is 4. The summed E-state index contributed by atoms with van der Waals surface area (Å²) in [6, 6.07) is 26.4. The van der Waals surface area contributed by atoms with Gasteiger partial charge in [-0.15, -0.1) is 5.11 Å². The zero-order chi connectivity index (χ0) is 24.0. The van der Waals surface area contributed by atoms with Crippen molar-refractivity contribution in [1.29, 1.82) is 0 Å². The van der Waals surface area contributed by atoms with Crippen molar-refractivity contribution in [3.63, 3.8) is 0 Å². The molecule has 0 atom stereocenters. The second-order valence-electron chi connectivity index (χ2n) is 7.02. The van der Waals surface area contributed by atoms with Crippen LogP contribution in [-0.2, 0) is 9.09 Å². The molecule has 4 rings (SSSR count). The monoisotopic (exact) mass is 475 g/mol. The van der Waals surface area contributed by atoms with Crippen molar-refractivity contribution >= 4 is 41.6 Å². The number of phosphoric ester groups is 1. The van der Waals surface area contributed by atoms with Crippen LogP contribution in [0.5, 0.6) is 5.75 Å². The number of nitrogens with zero attached hydrogens (tertiary/aromatic N) is 2. The summed E-state index contributed by atoms with van der Waals surface area (Å²) in [5.41, 5.74) is 1.32. The summed E-state index contributed by atoms with van der Waals surface area (Å²) in [5, 5.41) is 12.6. The molecular weight excluding hydrogens is 457 g/mol. The van der Waals surface area contributed by atoms with Crippen LogP contribution < -0.4 is 19.8 Å². The third-order valence-electron chi connectivity index (χ3n) is 4.69. The molecule has 0 heterocycles. The molecule has 1 N–H and O–H groups in total. The molecule has 0 aliphatic heterocycles. The molecule has 0 aliphatic rings. The quantitative estimate of drug-likeness (QED) is 0.223. The highest BCUT2D eigenvalue weighted by atomic mass is 31.2. The smallest absolute Gasteiger partial charge is 0.259 e. The number of phosphoric acid groups is 1. The zero-order valence-corrected chi connectivity index (χ0v) is 18.6. The normalized spacial score (nSPS) is 11.6. The lowest BCUT2D eigenvalue weighted by Crippen LogP contribution is -2.19. The Kier molecular flexibility index (Phi) is 7.10. The third-order valence-corrected chi connectivity index (χ3v) is 5.11. The van der Waals surface area contributed by atoms with Gasteiger partial charge in [0.15, 0.2) is 12.5 Å². The van der Waals surface area contributed by atoms with Crippen molar-refractivity contribution in [2.45, 2.75) is 0 Å². The number of hydrogen-bond donors (Lipinski definition) is 1. The van der Waals surface area contributed by atoms with Crippen molar-refractivity contribution < 1.29 is 28.4 Å². The van der Waals surface area contributed by atoms with Crippen LogP contribution in [0.25, 0.3) is 10.8 Å². The van der Waals surface area contributed by atoms with E-state index in [0.717, 1.165) is 0 Å². The molecule has 0 aromatic heterocycles. The van der Waals surface area contributed by atoms with Crippen molar-refractivity contribution in [2.75, 3.05) is 12.1 Å². The summed E-state index contributed by atoms with van der Waals surface area (Å²) in [6.45, 7) is -0.928. The molecule has 0 radical (unpaired) electrons. The summed E-state index contributed by atoms with van der Waals surface area (Å²) in [6.07, 6.45) is 0. The molecule has 9 nitrogen and oxygen atoms in total. The average molecular weight is 475 g/mol. The first-order valence-electron chi connectivity index (χ1n) is 10.1. The van der Waals surface area contributed by atoms with Gasteiger partial charge in [-0.1, -0.05) is 60.7 Å². The number of carbonyl (C=O) groups is 1. The van der Waals surface area contributed by atoms with E-state index < -0.39 is 20.5 Å². The number of carbonyl (C=O) groups excluding carboxylic acids is 1. The van der Waals surface area contributed by atoms with Crippen LogP contribution in [0.1, 0.15) is 10.4 Å². The van der Waals surface area contributed by atoms with Crippen molar-refractivity contribution in [2.24, 2.45) is 10.2 Å². The first-order valence-corrected chi connectivity index (χ1v) is 11.5. The van der Waals surface area contributed by atoms with Crippen molar-refractivity contribution in [3.05, 3.63) is 96.6 Å². The molecular formula is C24H18N3O6P-2. The Hall–Kier alpha value is -3.88. The zero-order valence-electron chi connectivity index (χ0n) is 17.7. The van der Waals surface area contributed by atoms with Gasteiger partial charge in [0.25, 0.3) is 5.91 Å². The lowest BCUT2D eigenvalue weighted by atomic mass is 10.0. The Morgan fingerprint density at radius 3 is 2.24 bits per heavy atom. The van der Waals surface area contributed by atoms with E-state index in [1.54, 1.807) is 78.9 Å². The molecule has 1 amide bonds. The third kappa shape index (κ3) is 5.92. The van der Waals surface area contributed by atoms with E-state index >= 15 is 0 Å². The van der Waals surface area contributed by atoms with Crippen molar-refractivity contribution in [3.8, 4) is 5.75 Å². The van der Waals surface area contributed by atoms with E-state index in [9.17, 15) is 19.1 Å². The van der Waals surface area contributed by atoms with Gasteiger partial charge in [-0.3, -0.25) is 4.79 Å². The standard InChI is InChI=1S/C24H20N3O6P/c28-24(25-18-10-3-1-4-11-18)21-15-17-9-7-8-14-20(17)22(23(21)32-16-33-34(29,30)31)27-26-19-12-5-2-6-13-19/h1-15H,16H2,(H,25,28)(H2,29,30,31)/p-2. The Morgan fingerprint density at radius 2 is 1.53 bits per heavy atom. The van der Waals surface area contributed by atoms with Gasteiger partial charge >= 0.3 is 0 Å². The first-order chi connectivity index (χ1) is 16.4. The predicted octanol–water partition coefficient (Wildman–Crippen LogP) is 4.69. The number of hydrogen-bond acceptors (Lipinski definition) is 8. The topological polar surface area (TPSA) is 135 Å². The fourth-order valence-corrected chi connectivity index (χ4v) is 3.38. The van der Waals surface area contributed by atoms with E-state index in [1.165, 1.54) is 0 Å². The van der Waals surface area contributed by atoms with E-state index in [0.29, 0.717) is 22.1 Å². The highest BCUT2D eigenvalue weighted by molar-refractivity contribution is 7.43. The fraction of sp³-hybridized carbons (Fsp3) is 0.0417. The number of amides is 1. The molecule has 0 spiro atoms. The molecule has 0 bridgehead atoms. The maximum atomic E-state index is 13.2. The second kappa shape index (κ2) is 10.4. The van der Waals surface area contributed by atoms with Gasteiger partial charge in [-0.25, -0.2) is 0 Å². The molecule has 4 aromatic carbocycles. The molecule has 0 fully saturated rings. The van der Waals surface area contributed by atoms with Crippen LogP contribution in [-0.4, -0.2) is 12.7 Å². The Morgan fingerprint density at radius 1 is 0.882 bits per heavy atom. The van der Waals surface area contributed by atoms with Crippen LogP contribution in [0.3, 0.4) is 0 Å².